The minimum atomic E-state index is -0.128. The van der Waals surface area contributed by atoms with E-state index in [4.69, 9.17) is 4.74 Å². The van der Waals surface area contributed by atoms with Gasteiger partial charge in [0.1, 0.15) is 6.61 Å². The molecular weight excluding hydrogens is 278 g/mol. The van der Waals surface area contributed by atoms with E-state index in [1.165, 1.54) is 19.3 Å². The summed E-state index contributed by atoms with van der Waals surface area (Å²) in [6, 6.07) is 11.6. The Morgan fingerprint density at radius 2 is 2.14 bits per heavy atom. The van der Waals surface area contributed by atoms with Gasteiger partial charge in [-0.15, -0.1) is 0 Å². The van der Waals surface area contributed by atoms with E-state index in [0.29, 0.717) is 24.1 Å². The van der Waals surface area contributed by atoms with Crippen molar-refractivity contribution >= 4 is 5.91 Å². The normalized spacial score (nSPS) is 14.4. The molecule has 1 heterocycles. The van der Waals surface area contributed by atoms with E-state index in [9.17, 15) is 4.79 Å². The highest BCUT2D eigenvalue weighted by Crippen LogP contribution is 2.25. The molecule has 22 heavy (non-hydrogen) atoms. The predicted octanol–water partition coefficient (Wildman–Crippen LogP) is 2.53. The van der Waals surface area contributed by atoms with Gasteiger partial charge in [0.2, 0.25) is 5.88 Å². The van der Waals surface area contributed by atoms with Crippen LogP contribution in [0.25, 0.3) is 0 Å². The molecule has 1 amide bonds. The molecule has 1 N–H and O–H groups in total. The van der Waals surface area contributed by atoms with Crippen molar-refractivity contribution in [1.29, 1.82) is 0 Å². The van der Waals surface area contributed by atoms with Crippen molar-refractivity contribution in [3.63, 3.8) is 0 Å². The zero-order chi connectivity index (χ0) is 15.4. The van der Waals surface area contributed by atoms with E-state index in [2.05, 4.69) is 10.4 Å². The van der Waals surface area contributed by atoms with E-state index in [1.807, 2.05) is 30.3 Å². The number of carbonyl (C=O) groups excluding carboxylic acids is 1. The van der Waals surface area contributed by atoms with Crippen LogP contribution in [0.4, 0.5) is 0 Å². The van der Waals surface area contributed by atoms with Gasteiger partial charge in [0.15, 0.2) is 5.69 Å². The lowest BCUT2D eigenvalue weighted by molar-refractivity contribution is 0.0933. The van der Waals surface area contributed by atoms with Gasteiger partial charge in [-0.05, 0) is 24.3 Å². The van der Waals surface area contributed by atoms with Crippen molar-refractivity contribution in [2.45, 2.75) is 25.9 Å². The van der Waals surface area contributed by atoms with Gasteiger partial charge in [-0.3, -0.25) is 4.79 Å². The lowest BCUT2D eigenvalue weighted by Gasteiger charge is -2.25. The SMILES string of the molecule is Cn1nc(C(=O)NCC2CCC2)cc1OCc1ccccc1. The van der Waals surface area contributed by atoms with Crippen molar-refractivity contribution in [3.05, 3.63) is 47.7 Å². The van der Waals surface area contributed by atoms with Gasteiger partial charge >= 0.3 is 0 Å². The molecule has 1 fully saturated rings. The minimum Gasteiger partial charge on any atom is -0.473 e. The van der Waals surface area contributed by atoms with Crippen molar-refractivity contribution < 1.29 is 9.53 Å². The quantitative estimate of drug-likeness (QED) is 0.891. The van der Waals surface area contributed by atoms with Gasteiger partial charge in [0, 0.05) is 19.7 Å². The summed E-state index contributed by atoms with van der Waals surface area (Å²) < 4.78 is 7.33. The van der Waals surface area contributed by atoms with Gasteiger partial charge in [-0.25, -0.2) is 4.68 Å². The van der Waals surface area contributed by atoms with Crippen LogP contribution in [0, 0.1) is 5.92 Å². The van der Waals surface area contributed by atoms with Crippen LogP contribution in [0.3, 0.4) is 0 Å². The Morgan fingerprint density at radius 1 is 1.36 bits per heavy atom. The first-order chi connectivity index (χ1) is 10.7. The van der Waals surface area contributed by atoms with Crippen LogP contribution in [0.1, 0.15) is 35.3 Å². The number of benzene rings is 1. The summed E-state index contributed by atoms with van der Waals surface area (Å²) in [4.78, 5) is 12.1. The van der Waals surface area contributed by atoms with E-state index in [1.54, 1.807) is 17.8 Å². The summed E-state index contributed by atoms with van der Waals surface area (Å²) in [7, 11) is 1.78. The largest absolute Gasteiger partial charge is 0.473 e. The first kappa shape index (κ1) is 14.6. The molecule has 5 heteroatoms. The highest BCUT2D eigenvalue weighted by atomic mass is 16.5. The van der Waals surface area contributed by atoms with E-state index in [-0.39, 0.29) is 5.91 Å². The van der Waals surface area contributed by atoms with E-state index >= 15 is 0 Å². The summed E-state index contributed by atoms with van der Waals surface area (Å²) >= 11 is 0. The molecular formula is C17H21N3O2. The fourth-order valence-electron chi connectivity index (χ4n) is 2.45. The average Bonchev–Trinajstić information content (AvgIpc) is 2.86. The van der Waals surface area contributed by atoms with Crippen LogP contribution in [0.2, 0.25) is 0 Å². The molecule has 1 saturated carbocycles. The highest BCUT2D eigenvalue weighted by Gasteiger charge is 2.19. The predicted molar refractivity (Wildman–Crippen MR) is 83.7 cm³/mol. The second-order valence-electron chi connectivity index (χ2n) is 5.77. The van der Waals surface area contributed by atoms with Gasteiger partial charge in [0.05, 0.1) is 0 Å². The first-order valence-electron chi connectivity index (χ1n) is 7.71. The number of hydrogen-bond donors (Lipinski definition) is 1. The molecule has 0 unspecified atom stereocenters. The molecule has 1 aromatic carbocycles. The van der Waals surface area contributed by atoms with Gasteiger partial charge in [-0.1, -0.05) is 36.8 Å². The summed E-state index contributed by atoms with van der Waals surface area (Å²) in [5.74, 6) is 1.11. The maximum absolute atomic E-state index is 12.1. The van der Waals surface area contributed by atoms with Crippen LogP contribution in [-0.4, -0.2) is 22.2 Å². The summed E-state index contributed by atoms with van der Waals surface area (Å²) in [5, 5.41) is 7.17. The third-order valence-electron chi connectivity index (χ3n) is 4.08. The molecule has 1 aromatic heterocycles. The van der Waals surface area contributed by atoms with Crippen molar-refractivity contribution in [1.82, 2.24) is 15.1 Å². The third-order valence-corrected chi connectivity index (χ3v) is 4.08. The van der Waals surface area contributed by atoms with Crippen molar-refractivity contribution in [2.75, 3.05) is 6.54 Å². The van der Waals surface area contributed by atoms with Crippen LogP contribution in [-0.2, 0) is 13.7 Å². The molecule has 5 nitrogen and oxygen atoms in total. The number of ether oxygens (including phenoxy) is 1. The Hall–Kier alpha value is -2.30. The van der Waals surface area contributed by atoms with Gasteiger partial charge in [-0.2, -0.15) is 5.10 Å². The first-order valence-corrected chi connectivity index (χ1v) is 7.71. The Bertz CT molecular complexity index is 633. The monoisotopic (exact) mass is 299 g/mol. The number of aromatic nitrogens is 2. The number of nitrogens with one attached hydrogen (secondary N) is 1. The zero-order valence-corrected chi connectivity index (χ0v) is 12.8. The molecule has 2 aromatic rings. The smallest absolute Gasteiger partial charge is 0.271 e. The molecule has 0 atom stereocenters. The second kappa shape index (κ2) is 6.64. The summed E-state index contributed by atoms with van der Waals surface area (Å²) in [6.45, 7) is 1.21. The summed E-state index contributed by atoms with van der Waals surface area (Å²) in [6.07, 6.45) is 3.71. The fourth-order valence-corrected chi connectivity index (χ4v) is 2.45. The Morgan fingerprint density at radius 3 is 2.82 bits per heavy atom. The second-order valence-corrected chi connectivity index (χ2v) is 5.77. The molecule has 116 valence electrons. The topological polar surface area (TPSA) is 56.2 Å². The van der Waals surface area contributed by atoms with E-state index < -0.39 is 0 Å². The number of hydrogen-bond acceptors (Lipinski definition) is 3. The lowest BCUT2D eigenvalue weighted by atomic mass is 9.85. The van der Waals surface area contributed by atoms with Crippen LogP contribution >= 0.6 is 0 Å². The third kappa shape index (κ3) is 3.47. The molecule has 1 aliphatic rings. The maximum atomic E-state index is 12.1. The number of nitrogens with zero attached hydrogens (tertiary/aromatic N) is 2. The highest BCUT2D eigenvalue weighted by molar-refractivity contribution is 5.92. The minimum absolute atomic E-state index is 0.128. The van der Waals surface area contributed by atoms with Crippen molar-refractivity contribution in [3.8, 4) is 5.88 Å². The molecule has 0 saturated heterocycles. The Kier molecular flexibility index (Phi) is 4.42. The average molecular weight is 299 g/mol. The molecule has 3 rings (SSSR count). The van der Waals surface area contributed by atoms with Crippen LogP contribution in [0.5, 0.6) is 5.88 Å². The van der Waals surface area contributed by atoms with E-state index in [0.717, 1.165) is 12.1 Å². The lowest BCUT2D eigenvalue weighted by Crippen LogP contribution is -2.32. The number of rotatable bonds is 6. The van der Waals surface area contributed by atoms with Crippen molar-refractivity contribution in [2.24, 2.45) is 13.0 Å². The maximum Gasteiger partial charge on any atom is 0.271 e. The number of amides is 1. The molecule has 0 aliphatic heterocycles. The van der Waals surface area contributed by atoms with Crippen LogP contribution < -0.4 is 10.1 Å². The zero-order valence-electron chi connectivity index (χ0n) is 12.8. The number of carbonyl (C=O) groups is 1. The summed E-state index contributed by atoms with van der Waals surface area (Å²) in [5.41, 5.74) is 1.49. The standard InChI is InChI=1S/C17H21N3O2/c1-20-16(22-12-14-6-3-2-4-7-14)10-15(19-20)17(21)18-11-13-8-5-9-13/h2-4,6-7,10,13H,5,8-9,11-12H2,1H3,(H,18,21). The van der Waals surface area contributed by atoms with Gasteiger partial charge < -0.3 is 10.1 Å². The fraction of sp³-hybridized carbons (Fsp3) is 0.412. The Labute approximate surface area is 130 Å². The Balaban J connectivity index is 1.56. The van der Waals surface area contributed by atoms with Gasteiger partial charge in [0.25, 0.3) is 5.91 Å². The number of aryl methyl sites for hydroxylation is 1. The van der Waals surface area contributed by atoms with Crippen LogP contribution in [0.15, 0.2) is 36.4 Å². The molecule has 1 aliphatic carbocycles. The molecule has 0 spiro atoms. The molecule has 0 radical (unpaired) electrons. The molecule has 0 bridgehead atoms.